The number of hydrogen-bond donors (Lipinski definition) is 0. The van der Waals surface area contributed by atoms with Crippen molar-refractivity contribution >= 4 is 11.8 Å². The zero-order chi connectivity index (χ0) is 17.6. The molecule has 2 rings (SSSR count). The topological polar surface area (TPSA) is 90.9 Å². The molecule has 0 aromatic heterocycles. The lowest BCUT2D eigenvalue weighted by Gasteiger charge is -2.41. The highest BCUT2D eigenvalue weighted by atomic mass is 16.5. The first kappa shape index (κ1) is 17.7. The summed E-state index contributed by atoms with van der Waals surface area (Å²) < 4.78 is 5.19. The molecule has 124 valence electrons. The average molecular weight is 324 g/mol. The number of esters is 1. The zero-order valence-electron chi connectivity index (χ0n) is 13.7. The van der Waals surface area contributed by atoms with Crippen molar-refractivity contribution in [3.63, 3.8) is 0 Å². The lowest BCUT2D eigenvalue weighted by molar-refractivity contribution is -0.157. The molecule has 1 fully saturated rings. The molecule has 5 nitrogen and oxygen atoms in total. The van der Waals surface area contributed by atoms with Crippen molar-refractivity contribution in [3.8, 4) is 12.1 Å². The predicted molar refractivity (Wildman–Crippen MR) is 86.4 cm³/mol. The number of Topliss-reactive ketones (excluding diaryl/α,β-unsaturated/α-hetero) is 1. The Morgan fingerprint density at radius 2 is 2.04 bits per heavy atom. The van der Waals surface area contributed by atoms with E-state index in [4.69, 9.17) is 10.00 Å². The Morgan fingerprint density at radius 1 is 1.33 bits per heavy atom. The summed E-state index contributed by atoms with van der Waals surface area (Å²) in [6, 6.07) is 13.4. The quantitative estimate of drug-likeness (QED) is 0.777. The first-order chi connectivity index (χ1) is 11.6. The normalized spacial score (nSPS) is 26.2. The monoisotopic (exact) mass is 324 g/mol. The molecule has 1 aliphatic rings. The lowest BCUT2D eigenvalue weighted by atomic mass is 9.58. The van der Waals surface area contributed by atoms with Crippen LogP contribution in [0.4, 0.5) is 0 Å². The van der Waals surface area contributed by atoms with E-state index in [2.05, 4.69) is 6.07 Å². The van der Waals surface area contributed by atoms with Crippen molar-refractivity contribution in [3.05, 3.63) is 35.9 Å². The minimum atomic E-state index is -1.10. The van der Waals surface area contributed by atoms with Crippen LogP contribution in [-0.2, 0) is 19.7 Å². The Bertz CT molecular complexity index is 687. The number of hydrogen-bond acceptors (Lipinski definition) is 5. The number of nitrogens with zero attached hydrogens (tertiary/aromatic N) is 2. The largest absolute Gasteiger partial charge is 0.466 e. The van der Waals surface area contributed by atoms with Gasteiger partial charge in [-0.1, -0.05) is 30.3 Å². The highest BCUT2D eigenvalue weighted by molar-refractivity contribution is 5.90. The predicted octanol–water partition coefficient (Wildman–Crippen LogP) is 2.91. The van der Waals surface area contributed by atoms with Crippen LogP contribution < -0.4 is 0 Å². The molecule has 0 bridgehead atoms. The molecule has 1 aliphatic carbocycles. The zero-order valence-corrected chi connectivity index (χ0v) is 13.7. The minimum Gasteiger partial charge on any atom is -0.466 e. The molecular formula is C19H20N2O3. The number of rotatable bonds is 5. The van der Waals surface area contributed by atoms with Gasteiger partial charge in [0.05, 0.1) is 30.1 Å². The average Bonchev–Trinajstić information content (AvgIpc) is 2.61. The van der Waals surface area contributed by atoms with Crippen LogP contribution in [0.15, 0.2) is 30.3 Å². The Labute approximate surface area is 141 Å². The molecule has 3 atom stereocenters. The maximum atomic E-state index is 12.7. The summed E-state index contributed by atoms with van der Waals surface area (Å²) in [7, 11) is 0. The highest BCUT2D eigenvalue weighted by Gasteiger charge is 2.54. The molecule has 1 aromatic carbocycles. The molecule has 0 N–H and O–H groups in total. The molecule has 0 heterocycles. The van der Waals surface area contributed by atoms with E-state index >= 15 is 0 Å². The molecular weight excluding hydrogens is 304 g/mol. The number of ketones is 1. The second-order valence-electron chi connectivity index (χ2n) is 5.95. The Kier molecular flexibility index (Phi) is 5.71. The van der Waals surface area contributed by atoms with Crippen LogP contribution in [0.1, 0.15) is 38.2 Å². The number of ether oxygens (including phenoxy) is 1. The molecule has 0 aliphatic heterocycles. The lowest BCUT2D eigenvalue weighted by Crippen LogP contribution is -2.50. The van der Waals surface area contributed by atoms with Gasteiger partial charge in [-0.3, -0.25) is 9.59 Å². The maximum absolute atomic E-state index is 12.7. The van der Waals surface area contributed by atoms with Crippen LogP contribution in [0.5, 0.6) is 0 Å². The molecule has 0 radical (unpaired) electrons. The maximum Gasteiger partial charge on any atom is 0.311 e. The SMILES string of the molecule is CCOC(=O)C1C(CCC#N)C(=O)CCC1(C#N)c1ccccc1. The fraction of sp³-hybridized carbons (Fsp3) is 0.474. The van der Waals surface area contributed by atoms with Crippen molar-refractivity contribution in [1.82, 2.24) is 0 Å². The van der Waals surface area contributed by atoms with Crippen LogP contribution in [0.2, 0.25) is 0 Å². The summed E-state index contributed by atoms with van der Waals surface area (Å²) in [5.41, 5.74) is -0.373. The molecule has 1 saturated carbocycles. The van der Waals surface area contributed by atoms with E-state index < -0.39 is 23.2 Å². The summed E-state index contributed by atoms with van der Waals surface area (Å²) in [5.74, 6) is -2.12. The van der Waals surface area contributed by atoms with Gasteiger partial charge in [0.25, 0.3) is 0 Å². The van der Waals surface area contributed by atoms with Gasteiger partial charge in [0.15, 0.2) is 0 Å². The van der Waals surface area contributed by atoms with Crippen LogP contribution in [-0.4, -0.2) is 18.4 Å². The van der Waals surface area contributed by atoms with E-state index in [9.17, 15) is 14.9 Å². The highest BCUT2D eigenvalue weighted by Crippen LogP contribution is 2.47. The number of carbonyl (C=O) groups is 2. The molecule has 3 unspecified atom stereocenters. The van der Waals surface area contributed by atoms with Gasteiger partial charge < -0.3 is 4.74 Å². The van der Waals surface area contributed by atoms with Gasteiger partial charge in [-0.2, -0.15) is 10.5 Å². The van der Waals surface area contributed by atoms with Crippen molar-refractivity contribution in [1.29, 1.82) is 10.5 Å². The molecule has 5 heteroatoms. The van der Waals surface area contributed by atoms with Crippen LogP contribution >= 0.6 is 0 Å². The van der Waals surface area contributed by atoms with Gasteiger partial charge in [0.2, 0.25) is 0 Å². The van der Waals surface area contributed by atoms with Gasteiger partial charge >= 0.3 is 5.97 Å². The van der Waals surface area contributed by atoms with E-state index in [0.29, 0.717) is 6.42 Å². The number of carbonyl (C=O) groups excluding carboxylic acids is 2. The summed E-state index contributed by atoms with van der Waals surface area (Å²) in [6.45, 7) is 1.88. The van der Waals surface area contributed by atoms with Crippen LogP contribution in [0.25, 0.3) is 0 Å². The molecule has 24 heavy (non-hydrogen) atoms. The van der Waals surface area contributed by atoms with E-state index in [1.807, 2.05) is 36.4 Å². The van der Waals surface area contributed by atoms with E-state index in [1.165, 1.54) is 0 Å². The number of nitriles is 2. The fourth-order valence-electron chi connectivity index (χ4n) is 3.59. The van der Waals surface area contributed by atoms with Crippen LogP contribution in [0, 0.1) is 34.5 Å². The van der Waals surface area contributed by atoms with Crippen molar-refractivity contribution in [2.24, 2.45) is 11.8 Å². The smallest absolute Gasteiger partial charge is 0.311 e. The van der Waals surface area contributed by atoms with Gasteiger partial charge in [-0.05, 0) is 25.3 Å². The third kappa shape index (κ3) is 3.16. The van der Waals surface area contributed by atoms with Crippen molar-refractivity contribution in [2.75, 3.05) is 6.61 Å². The third-order valence-electron chi connectivity index (χ3n) is 4.71. The van der Waals surface area contributed by atoms with E-state index in [0.717, 1.165) is 5.56 Å². The fourth-order valence-corrected chi connectivity index (χ4v) is 3.59. The Hall–Kier alpha value is -2.66. The molecule has 1 aromatic rings. The molecule has 0 saturated heterocycles. The minimum absolute atomic E-state index is 0.0647. The van der Waals surface area contributed by atoms with E-state index in [1.54, 1.807) is 6.92 Å². The van der Waals surface area contributed by atoms with Gasteiger partial charge in [-0.15, -0.1) is 0 Å². The summed E-state index contributed by atoms with van der Waals surface area (Å²) in [6.07, 6.45) is 0.963. The Morgan fingerprint density at radius 3 is 2.62 bits per heavy atom. The third-order valence-corrected chi connectivity index (χ3v) is 4.71. The van der Waals surface area contributed by atoms with Crippen LogP contribution in [0.3, 0.4) is 0 Å². The molecule has 0 spiro atoms. The summed E-state index contributed by atoms with van der Waals surface area (Å²) in [5, 5.41) is 18.9. The molecule has 0 amide bonds. The van der Waals surface area contributed by atoms with Gasteiger partial charge in [-0.25, -0.2) is 0 Å². The first-order valence-electron chi connectivity index (χ1n) is 8.13. The Balaban J connectivity index is 2.54. The second kappa shape index (κ2) is 7.75. The van der Waals surface area contributed by atoms with Crippen molar-refractivity contribution in [2.45, 2.75) is 38.0 Å². The standard InChI is InChI=1S/C19H20N2O3/c1-2-24-18(23)17-15(9-6-12-20)16(22)10-11-19(17,13-21)14-7-4-3-5-8-14/h3-5,7-8,15,17H,2,6,9-11H2,1H3. The van der Waals surface area contributed by atoms with Gasteiger partial charge in [0, 0.05) is 18.8 Å². The van der Waals surface area contributed by atoms with Gasteiger partial charge in [0.1, 0.15) is 5.78 Å². The number of benzene rings is 1. The second-order valence-corrected chi connectivity index (χ2v) is 5.95. The summed E-state index contributed by atoms with van der Waals surface area (Å²) in [4.78, 5) is 25.1. The first-order valence-corrected chi connectivity index (χ1v) is 8.13. The summed E-state index contributed by atoms with van der Waals surface area (Å²) >= 11 is 0. The van der Waals surface area contributed by atoms with Crippen molar-refractivity contribution < 1.29 is 14.3 Å². The van der Waals surface area contributed by atoms with E-state index in [-0.39, 0.29) is 31.7 Å².